The van der Waals surface area contributed by atoms with Gasteiger partial charge in [0, 0.05) is 20.0 Å². The molecule has 0 rings (SSSR count). The van der Waals surface area contributed by atoms with Crippen molar-refractivity contribution < 1.29 is 4.79 Å². The van der Waals surface area contributed by atoms with Gasteiger partial charge < -0.3 is 4.90 Å². The Kier molecular flexibility index (Phi) is 6.25. The van der Waals surface area contributed by atoms with Gasteiger partial charge >= 0.3 is 0 Å². The minimum absolute atomic E-state index is 0.200. The lowest BCUT2D eigenvalue weighted by atomic mass is 10.1. The molecule has 0 saturated heterocycles. The fourth-order valence-electron chi connectivity index (χ4n) is 0.863. The molecule has 0 bridgehead atoms. The van der Waals surface area contributed by atoms with E-state index in [-0.39, 0.29) is 5.91 Å². The lowest BCUT2D eigenvalue weighted by molar-refractivity contribution is -0.129. The maximum Gasteiger partial charge on any atom is 0.223 e. The third-order valence-corrected chi connectivity index (χ3v) is 2.02. The molecular formula is C9H19NOS. The Morgan fingerprint density at radius 2 is 2.08 bits per heavy atom. The van der Waals surface area contributed by atoms with E-state index >= 15 is 0 Å². The van der Waals surface area contributed by atoms with Gasteiger partial charge in [-0.2, -0.15) is 12.6 Å². The first-order valence-electron chi connectivity index (χ1n) is 4.42. The van der Waals surface area contributed by atoms with Gasteiger partial charge in [-0.15, -0.1) is 0 Å². The highest BCUT2D eigenvalue weighted by Gasteiger charge is 2.07. The zero-order valence-corrected chi connectivity index (χ0v) is 9.10. The molecule has 3 heteroatoms. The fourth-order valence-corrected chi connectivity index (χ4v) is 1.05. The second-order valence-electron chi connectivity index (χ2n) is 3.47. The van der Waals surface area contributed by atoms with E-state index in [0.29, 0.717) is 18.1 Å². The van der Waals surface area contributed by atoms with Crippen molar-refractivity contribution in [2.45, 2.75) is 26.7 Å². The van der Waals surface area contributed by atoms with E-state index in [1.807, 2.05) is 7.05 Å². The molecular weight excluding hydrogens is 170 g/mol. The van der Waals surface area contributed by atoms with Crippen LogP contribution in [0, 0.1) is 5.92 Å². The van der Waals surface area contributed by atoms with E-state index in [4.69, 9.17) is 0 Å². The van der Waals surface area contributed by atoms with Crippen LogP contribution in [0.1, 0.15) is 26.7 Å². The number of hydrogen-bond acceptors (Lipinski definition) is 2. The molecule has 0 aromatic rings. The van der Waals surface area contributed by atoms with Crippen LogP contribution in [0.2, 0.25) is 0 Å². The normalized spacial score (nSPS) is 10.4. The quantitative estimate of drug-likeness (QED) is 0.654. The topological polar surface area (TPSA) is 20.3 Å². The Bertz CT molecular complexity index is 136. The van der Waals surface area contributed by atoms with Crippen molar-refractivity contribution in [2.24, 2.45) is 5.92 Å². The van der Waals surface area contributed by atoms with Crippen LogP contribution in [-0.2, 0) is 4.79 Å². The van der Waals surface area contributed by atoms with E-state index < -0.39 is 0 Å². The summed E-state index contributed by atoms with van der Waals surface area (Å²) < 4.78 is 0. The predicted octanol–water partition coefficient (Wildman–Crippen LogP) is 1.81. The van der Waals surface area contributed by atoms with Crippen LogP contribution in [0.25, 0.3) is 0 Å². The van der Waals surface area contributed by atoms with Crippen LogP contribution in [0.5, 0.6) is 0 Å². The monoisotopic (exact) mass is 189 g/mol. The molecule has 0 atom stereocenters. The molecule has 0 aromatic heterocycles. The van der Waals surface area contributed by atoms with Gasteiger partial charge in [0.2, 0.25) is 5.91 Å². The fraction of sp³-hybridized carbons (Fsp3) is 0.889. The standard InChI is InChI=1S/C9H19NOS/c1-8(2)4-6-10(3)9(11)5-7-12/h8,12H,4-7H2,1-3H3. The highest BCUT2D eigenvalue weighted by atomic mass is 32.1. The number of amides is 1. The van der Waals surface area contributed by atoms with Crippen LogP contribution in [0.4, 0.5) is 0 Å². The molecule has 0 fully saturated rings. The molecule has 12 heavy (non-hydrogen) atoms. The van der Waals surface area contributed by atoms with Gasteiger partial charge in [0.1, 0.15) is 0 Å². The zero-order chi connectivity index (χ0) is 9.56. The molecule has 2 nitrogen and oxygen atoms in total. The van der Waals surface area contributed by atoms with Crippen LogP contribution in [0.3, 0.4) is 0 Å². The second-order valence-corrected chi connectivity index (χ2v) is 3.92. The molecule has 0 aliphatic heterocycles. The lowest BCUT2D eigenvalue weighted by Crippen LogP contribution is -2.28. The van der Waals surface area contributed by atoms with E-state index in [2.05, 4.69) is 26.5 Å². The van der Waals surface area contributed by atoms with Gasteiger partial charge in [-0.1, -0.05) is 13.8 Å². The van der Waals surface area contributed by atoms with Crippen LogP contribution in [0.15, 0.2) is 0 Å². The average molecular weight is 189 g/mol. The van der Waals surface area contributed by atoms with Crippen molar-refractivity contribution in [1.29, 1.82) is 0 Å². The van der Waals surface area contributed by atoms with Crippen molar-refractivity contribution in [2.75, 3.05) is 19.3 Å². The molecule has 0 unspecified atom stereocenters. The lowest BCUT2D eigenvalue weighted by Gasteiger charge is -2.17. The van der Waals surface area contributed by atoms with E-state index in [1.165, 1.54) is 0 Å². The summed E-state index contributed by atoms with van der Waals surface area (Å²) in [6.07, 6.45) is 1.63. The maximum atomic E-state index is 11.2. The van der Waals surface area contributed by atoms with Gasteiger partial charge in [0.15, 0.2) is 0 Å². The summed E-state index contributed by atoms with van der Waals surface area (Å²) >= 11 is 4.02. The van der Waals surface area contributed by atoms with Crippen molar-refractivity contribution >= 4 is 18.5 Å². The summed E-state index contributed by atoms with van der Waals surface area (Å²) in [5.74, 6) is 1.51. The number of rotatable bonds is 5. The van der Waals surface area contributed by atoms with Crippen molar-refractivity contribution in [3.05, 3.63) is 0 Å². The third-order valence-electron chi connectivity index (χ3n) is 1.79. The Hall–Kier alpha value is -0.180. The number of thiol groups is 1. The average Bonchev–Trinajstić information content (AvgIpc) is 2.00. The summed E-state index contributed by atoms with van der Waals surface area (Å²) in [5, 5.41) is 0. The summed E-state index contributed by atoms with van der Waals surface area (Å²) in [7, 11) is 1.86. The van der Waals surface area contributed by atoms with Gasteiger partial charge in [-0.25, -0.2) is 0 Å². The second kappa shape index (κ2) is 6.35. The van der Waals surface area contributed by atoms with Crippen LogP contribution >= 0.6 is 12.6 Å². The summed E-state index contributed by atoms with van der Waals surface area (Å²) in [5.41, 5.74) is 0. The molecule has 0 heterocycles. The molecule has 0 saturated carbocycles. The van der Waals surface area contributed by atoms with E-state index in [9.17, 15) is 4.79 Å². The van der Waals surface area contributed by atoms with Gasteiger partial charge in [-0.05, 0) is 18.1 Å². The van der Waals surface area contributed by atoms with Gasteiger partial charge in [-0.3, -0.25) is 4.79 Å². The molecule has 0 aliphatic carbocycles. The first kappa shape index (κ1) is 11.8. The SMILES string of the molecule is CC(C)CCN(C)C(=O)CCS. The number of nitrogens with zero attached hydrogens (tertiary/aromatic N) is 1. The maximum absolute atomic E-state index is 11.2. The van der Waals surface area contributed by atoms with E-state index in [0.717, 1.165) is 13.0 Å². The zero-order valence-electron chi connectivity index (χ0n) is 8.21. The minimum Gasteiger partial charge on any atom is -0.346 e. The molecule has 0 N–H and O–H groups in total. The molecule has 0 aromatic carbocycles. The molecule has 72 valence electrons. The Morgan fingerprint density at radius 1 is 1.50 bits per heavy atom. The number of hydrogen-bond donors (Lipinski definition) is 1. The number of carbonyl (C=O) groups is 1. The summed E-state index contributed by atoms with van der Waals surface area (Å²) in [6, 6.07) is 0. The van der Waals surface area contributed by atoms with Crippen molar-refractivity contribution in [3.8, 4) is 0 Å². The Labute approximate surface area is 80.7 Å². The van der Waals surface area contributed by atoms with Crippen LogP contribution in [-0.4, -0.2) is 30.2 Å². The highest BCUT2D eigenvalue weighted by Crippen LogP contribution is 2.02. The smallest absolute Gasteiger partial charge is 0.223 e. The molecule has 0 radical (unpaired) electrons. The predicted molar refractivity (Wildman–Crippen MR) is 55.6 cm³/mol. The first-order chi connectivity index (χ1) is 5.57. The summed E-state index contributed by atoms with van der Waals surface area (Å²) in [6.45, 7) is 5.19. The summed E-state index contributed by atoms with van der Waals surface area (Å²) in [4.78, 5) is 13.0. The highest BCUT2D eigenvalue weighted by molar-refractivity contribution is 7.80. The minimum atomic E-state index is 0.200. The molecule has 1 amide bonds. The number of carbonyl (C=O) groups excluding carboxylic acids is 1. The Morgan fingerprint density at radius 3 is 2.50 bits per heavy atom. The molecule has 0 spiro atoms. The van der Waals surface area contributed by atoms with Crippen molar-refractivity contribution in [3.63, 3.8) is 0 Å². The largest absolute Gasteiger partial charge is 0.346 e. The third kappa shape index (κ3) is 5.47. The van der Waals surface area contributed by atoms with Crippen LogP contribution < -0.4 is 0 Å². The van der Waals surface area contributed by atoms with Gasteiger partial charge in [0.05, 0.1) is 0 Å². The first-order valence-corrected chi connectivity index (χ1v) is 5.06. The Balaban J connectivity index is 3.56. The molecule has 0 aliphatic rings. The van der Waals surface area contributed by atoms with Gasteiger partial charge in [0.25, 0.3) is 0 Å². The van der Waals surface area contributed by atoms with E-state index in [1.54, 1.807) is 4.90 Å². The van der Waals surface area contributed by atoms with Crippen molar-refractivity contribution in [1.82, 2.24) is 4.90 Å².